The number of rotatable bonds is 4. The average molecular weight is 239 g/mol. The first kappa shape index (κ1) is 14.5. The zero-order chi connectivity index (χ0) is 13.2. The molecule has 0 bridgehead atoms. The molecule has 1 aliphatic heterocycles. The Bertz CT molecular complexity index is 262. The molecule has 4 atom stereocenters. The average Bonchev–Trinajstić information content (AvgIpc) is 2.68. The maximum atomic E-state index is 12.5. The van der Waals surface area contributed by atoms with Crippen LogP contribution >= 0.6 is 0 Å². The van der Waals surface area contributed by atoms with Crippen LogP contribution in [0.1, 0.15) is 54.4 Å². The highest BCUT2D eigenvalue weighted by Crippen LogP contribution is 2.30. The lowest BCUT2D eigenvalue weighted by molar-refractivity contribution is -0.138. The van der Waals surface area contributed by atoms with Gasteiger partial charge in [-0.15, -0.1) is 0 Å². The summed E-state index contributed by atoms with van der Waals surface area (Å²) in [7, 11) is 0. The summed E-state index contributed by atoms with van der Waals surface area (Å²) in [4.78, 5) is 14.7. The van der Waals surface area contributed by atoms with Crippen LogP contribution in [-0.4, -0.2) is 23.4 Å². The van der Waals surface area contributed by atoms with Gasteiger partial charge in [-0.3, -0.25) is 4.79 Å². The smallest absolute Gasteiger partial charge is 0.225 e. The number of hydrogen-bond acceptors (Lipinski definition) is 1. The van der Waals surface area contributed by atoms with Crippen LogP contribution in [0, 0.1) is 23.7 Å². The Morgan fingerprint density at radius 1 is 1.29 bits per heavy atom. The van der Waals surface area contributed by atoms with Crippen LogP contribution in [0.25, 0.3) is 0 Å². The second kappa shape index (κ2) is 5.88. The zero-order valence-corrected chi connectivity index (χ0v) is 12.4. The fraction of sp³-hybridized carbons (Fsp3) is 0.933. The Morgan fingerprint density at radius 2 is 1.88 bits per heavy atom. The molecule has 0 spiro atoms. The van der Waals surface area contributed by atoms with Gasteiger partial charge in [-0.25, -0.2) is 0 Å². The second-order valence-corrected chi connectivity index (χ2v) is 6.32. The molecule has 0 saturated carbocycles. The van der Waals surface area contributed by atoms with Crippen molar-refractivity contribution in [2.45, 2.75) is 60.4 Å². The van der Waals surface area contributed by atoms with E-state index in [1.807, 2.05) is 0 Å². The Labute approximate surface area is 107 Å². The highest BCUT2D eigenvalue weighted by molar-refractivity contribution is 5.79. The summed E-state index contributed by atoms with van der Waals surface area (Å²) >= 11 is 0. The number of nitrogens with zero attached hydrogens (tertiary/aromatic N) is 1. The number of carbonyl (C=O) groups is 1. The van der Waals surface area contributed by atoms with E-state index in [0.29, 0.717) is 29.7 Å². The van der Waals surface area contributed by atoms with Gasteiger partial charge in [0.1, 0.15) is 0 Å². The molecule has 0 radical (unpaired) electrons. The topological polar surface area (TPSA) is 20.3 Å². The van der Waals surface area contributed by atoms with Crippen molar-refractivity contribution in [2.75, 3.05) is 6.54 Å². The molecule has 1 saturated heterocycles. The third-order valence-electron chi connectivity index (χ3n) is 4.49. The molecule has 0 aromatic rings. The summed E-state index contributed by atoms with van der Waals surface area (Å²) in [5, 5.41) is 0. The molecule has 17 heavy (non-hydrogen) atoms. The Kier molecular flexibility index (Phi) is 5.03. The predicted octanol–water partition coefficient (Wildman–Crippen LogP) is 3.56. The van der Waals surface area contributed by atoms with Crippen LogP contribution < -0.4 is 0 Å². The van der Waals surface area contributed by atoms with E-state index in [-0.39, 0.29) is 5.92 Å². The van der Waals surface area contributed by atoms with E-state index in [1.54, 1.807) is 0 Å². The number of carbonyl (C=O) groups excluding carboxylic acids is 1. The van der Waals surface area contributed by atoms with Gasteiger partial charge in [0.05, 0.1) is 0 Å². The molecule has 0 aromatic heterocycles. The fourth-order valence-electron chi connectivity index (χ4n) is 2.83. The quantitative estimate of drug-likeness (QED) is 0.734. The van der Waals surface area contributed by atoms with Crippen LogP contribution in [0.2, 0.25) is 0 Å². The molecular weight excluding hydrogens is 210 g/mol. The summed E-state index contributed by atoms with van der Waals surface area (Å²) < 4.78 is 0. The molecular formula is C15H29NO. The van der Waals surface area contributed by atoms with Gasteiger partial charge in [-0.05, 0) is 24.2 Å². The summed E-state index contributed by atoms with van der Waals surface area (Å²) in [6, 6.07) is 0.462. The normalized spacial score (nSPS) is 28.5. The first-order valence-corrected chi connectivity index (χ1v) is 7.18. The van der Waals surface area contributed by atoms with E-state index >= 15 is 0 Å². The van der Waals surface area contributed by atoms with E-state index in [4.69, 9.17) is 0 Å². The maximum absolute atomic E-state index is 12.5. The second-order valence-electron chi connectivity index (χ2n) is 6.32. The fourth-order valence-corrected chi connectivity index (χ4v) is 2.83. The lowest BCUT2D eigenvalue weighted by atomic mass is 9.91. The number of likely N-dealkylation sites (tertiary alicyclic amines) is 1. The van der Waals surface area contributed by atoms with Crippen molar-refractivity contribution in [3.05, 3.63) is 0 Å². The predicted molar refractivity (Wildman–Crippen MR) is 72.7 cm³/mol. The molecule has 0 aliphatic carbocycles. The van der Waals surface area contributed by atoms with E-state index in [9.17, 15) is 4.79 Å². The SMILES string of the molecule is CCC(C)C(C)C(=O)N1CC(C)C[C@H]1C(C)C. The third kappa shape index (κ3) is 3.23. The first-order chi connectivity index (χ1) is 7.88. The van der Waals surface area contributed by atoms with Gasteiger partial charge in [-0.2, -0.15) is 0 Å². The molecule has 1 aliphatic rings. The highest BCUT2D eigenvalue weighted by Gasteiger charge is 2.37. The van der Waals surface area contributed by atoms with Crippen molar-refractivity contribution in [3.63, 3.8) is 0 Å². The molecule has 0 N–H and O–H groups in total. The zero-order valence-electron chi connectivity index (χ0n) is 12.4. The van der Waals surface area contributed by atoms with Crippen LogP contribution in [0.4, 0.5) is 0 Å². The minimum Gasteiger partial charge on any atom is -0.339 e. The monoisotopic (exact) mass is 239 g/mol. The standard InChI is InChI=1S/C15H29NO/c1-7-12(5)13(6)15(17)16-9-11(4)8-14(16)10(2)3/h10-14H,7-9H2,1-6H3/t11?,12?,13?,14-/m0/s1. The van der Waals surface area contributed by atoms with Crippen molar-refractivity contribution in [2.24, 2.45) is 23.7 Å². The van der Waals surface area contributed by atoms with Gasteiger partial charge in [-0.1, -0.05) is 48.0 Å². The molecule has 1 fully saturated rings. The summed E-state index contributed by atoms with van der Waals surface area (Å²) in [5.41, 5.74) is 0. The van der Waals surface area contributed by atoms with Crippen molar-refractivity contribution in [1.82, 2.24) is 4.90 Å². The molecule has 2 nitrogen and oxygen atoms in total. The van der Waals surface area contributed by atoms with Crippen molar-refractivity contribution < 1.29 is 4.79 Å². The lowest BCUT2D eigenvalue weighted by Gasteiger charge is -2.31. The van der Waals surface area contributed by atoms with Gasteiger partial charge in [0.2, 0.25) is 5.91 Å². The maximum Gasteiger partial charge on any atom is 0.225 e. The minimum atomic E-state index is 0.173. The van der Waals surface area contributed by atoms with E-state index in [1.165, 1.54) is 6.42 Å². The van der Waals surface area contributed by atoms with E-state index in [2.05, 4.69) is 46.4 Å². The van der Waals surface area contributed by atoms with Gasteiger partial charge in [0.15, 0.2) is 0 Å². The molecule has 1 amide bonds. The van der Waals surface area contributed by atoms with E-state index < -0.39 is 0 Å². The molecule has 100 valence electrons. The Balaban J connectivity index is 2.73. The van der Waals surface area contributed by atoms with Crippen LogP contribution in [0.3, 0.4) is 0 Å². The van der Waals surface area contributed by atoms with Crippen molar-refractivity contribution in [3.8, 4) is 0 Å². The van der Waals surface area contributed by atoms with Crippen molar-refractivity contribution in [1.29, 1.82) is 0 Å². The van der Waals surface area contributed by atoms with Gasteiger partial charge in [0, 0.05) is 18.5 Å². The van der Waals surface area contributed by atoms with Gasteiger partial charge in [0.25, 0.3) is 0 Å². The summed E-state index contributed by atoms with van der Waals surface area (Å²) in [5.74, 6) is 2.28. The largest absolute Gasteiger partial charge is 0.339 e. The van der Waals surface area contributed by atoms with Crippen LogP contribution in [0.5, 0.6) is 0 Å². The number of amides is 1. The Morgan fingerprint density at radius 3 is 2.35 bits per heavy atom. The van der Waals surface area contributed by atoms with Crippen LogP contribution in [-0.2, 0) is 4.79 Å². The Hall–Kier alpha value is -0.530. The van der Waals surface area contributed by atoms with Gasteiger partial charge < -0.3 is 4.90 Å². The third-order valence-corrected chi connectivity index (χ3v) is 4.49. The minimum absolute atomic E-state index is 0.173. The van der Waals surface area contributed by atoms with Crippen molar-refractivity contribution >= 4 is 5.91 Å². The molecule has 3 unspecified atom stereocenters. The first-order valence-electron chi connectivity index (χ1n) is 7.18. The molecule has 1 heterocycles. The highest BCUT2D eigenvalue weighted by atomic mass is 16.2. The lowest BCUT2D eigenvalue weighted by Crippen LogP contribution is -2.42. The van der Waals surface area contributed by atoms with E-state index in [0.717, 1.165) is 13.0 Å². The molecule has 1 rings (SSSR count). The van der Waals surface area contributed by atoms with Crippen LogP contribution in [0.15, 0.2) is 0 Å². The summed E-state index contributed by atoms with van der Waals surface area (Å²) in [6.45, 7) is 14.1. The molecule has 2 heteroatoms. The van der Waals surface area contributed by atoms with Gasteiger partial charge >= 0.3 is 0 Å². The summed E-state index contributed by atoms with van der Waals surface area (Å²) in [6.07, 6.45) is 2.26. The number of hydrogen-bond donors (Lipinski definition) is 0. The molecule has 0 aromatic carbocycles.